The minimum Gasteiger partial charge on any atom is -0.496 e. The van der Waals surface area contributed by atoms with Crippen LogP contribution in [0.2, 0.25) is 0 Å². The molecule has 0 saturated heterocycles. The second kappa shape index (κ2) is 9.94. The molecule has 0 bridgehead atoms. The van der Waals surface area contributed by atoms with Crippen molar-refractivity contribution >= 4 is 17.5 Å². The van der Waals surface area contributed by atoms with E-state index in [1.165, 1.54) is 20.1 Å². The second-order valence-corrected chi connectivity index (χ2v) is 5.73. The monoisotopic (exact) mass is 382 g/mol. The van der Waals surface area contributed by atoms with Gasteiger partial charge in [0.1, 0.15) is 17.5 Å². The van der Waals surface area contributed by atoms with Crippen molar-refractivity contribution in [3.05, 3.63) is 53.6 Å². The largest absolute Gasteiger partial charge is 0.496 e. The van der Waals surface area contributed by atoms with Gasteiger partial charge in [-0.2, -0.15) is 5.26 Å². The molecule has 0 aliphatic rings. The molecular weight excluding hydrogens is 360 g/mol. The number of para-hydroxylation sites is 1. The van der Waals surface area contributed by atoms with Gasteiger partial charge in [-0.3, -0.25) is 15.0 Å². The number of benzene rings is 2. The van der Waals surface area contributed by atoms with E-state index in [0.29, 0.717) is 29.4 Å². The predicted octanol–water partition coefficient (Wildman–Crippen LogP) is 2.55. The summed E-state index contributed by atoms with van der Waals surface area (Å²) in [5.41, 5.74) is 6.61. The molecule has 8 heteroatoms. The molecule has 146 valence electrons. The van der Waals surface area contributed by atoms with E-state index in [4.69, 9.17) is 9.47 Å². The fourth-order valence-electron chi connectivity index (χ4n) is 2.56. The molecule has 8 nitrogen and oxygen atoms in total. The molecule has 2 amide bonds. The average Bonchev–Trinajstić information content (AvgIpc) is 2.68. The quantitative estimate of drug-likeness (QED) is 0.605. The third-order valence-corrected chi connectivity index (χ3v) is 3.76. The van der Waals surface area contributed by atoms with E-state index in [1.54, 1.807) is 43.3 Å². The van der Waals surface area contributed by atoms with Gasteiger partial charge in [0, 0.05) is 24.2 Å². The van der Waals surface area contributed by atoms with Gasteiger partial charge in [-0.05, 0) is 25.1 Å². The molecule has 2 rings (SSSR count). The average molecular weight is 382 g/mol. The van der Waals surface area contributed by atoms with Crippen LogP contribution in [0.1, 0.15) is 35.8 Å². The molecule has 0 unspecified atom stereocenters. The Morgan fingerprint density at radius 3 is 2.57 bits per heavy atom. The molecule has 0 saturated carbocycles. The maximum absolute atomic E-state index is 12.6. The summed E-state index contributed by atoms with van der Waals surface area (Å²) in [5, 5.41) is 12.1. The van der Waals surface area contributed by atoms with E-state index in [2.05, 4.69) is 22.2 Å². The smallest absolute Gasteiger partial charge is 0.269 e. The number of hydrogen-bond acceptors (Lipinski definition) is 6. The van der Waals surface area contributed by atoms with Crippen molar-refractivity contribution in [1.82, 2.24) is 10.9 Å². The van der Waals surface area contributed by atoms with Gasteiger partial charge in [-0.25, -0.2) is 5.43 Å². The van der Waals surface area contributed by atoms with Gasteiger partial charge >= 0.3 is 0 Å². The van der Waals surface area contributed by atoms with Crippen LogP contribution < -0.4 is 25.6 Å². The summed E-state index contributed by atoms with van der Waals surface area (Å²) in [4.78, 5) is 23.8. The van der Waals surface area contributed by atoms with Crippen LogP contribution in [0.4, 0.5) is 5.69 Å². The SMILES string of the molecule is CCOc1cc(NC(C)=O)ccc1C(=O)NN[C@H](C#N)c1ccccc1OC. The highest BCUT2D eigenvalue weighted by molar-refractivity contribution is 5.98. The molecule has 1 atom stereocenters. The Morgan fingerprint density at radius 2 is 1.93 bits per heavy atom. The molecule has 0 aliphatic carbocycles. The van der Waals surface area contributed by atoms with Gasteiger partial charge in [0.2, 0.25) is 5.91 Å². The van der Waals surface area contributed by atoms with Crippen LogP contribution in [0.5, 0.6) is 11.5 Å². The van der Waals surface area contributed by atoms with Crippen molar-refractivity contribution in [3.8, 4) is 17.6 Å². The Morgan fingerprint density at radius 1 is 1.18 bits per heavy atom. The lowest BCUT2D eigenvalue weighted by Crippen LogP contribution is -2.39. The zero-order valence-corrected chi connectivity index (χ0v) is 15.9. The normalized spacial score (nSPS) is 11.1. The van der Waals surface area contributed by atoms with Crippen molar-refractivity contribution < 1.29 is 19.1 Å². The highest BCUT2D eigenvalue weighted by Crippen LogP contribution is 2.25. The fourth-order valence-corrected chi connectivity index (χ4v) is 2.56. The number of methoxy groups -OCH3 is 1. The van der Waals surface area contributed by atoms with Crippen molar-refractivity contribution in [1.29, 1.82) is 5.26 Å². The number of nitriles is 1. The molecular formula is C20H22N4O4. The Balaban J connectivity index is 2.17. The number of nitrogens with one attached hydrogen (secondary N) is 3. The van der Waals surface area contributed by atoms with Gasteiger partial charge in [-0.15, -0.1) is 0 Å². The topological polar surface area (TPSA) is 112 Å². The first-order chi connectivity index (χ1) is 13.5. The van der Waals surface area contributed by atoms with Gasteiger partial charge in [-0.1, -0.05) is 18.2 Å². The molecule has 0 aromatic heterocycles. The van der Waals surface area contributed by atoms with E-state index < -0.39 is 11.9 Å². The van der Waals surface area contributed by atoms with Crippen molar-refractivity contribution in [3.63, 3.8) is 0 Å². The van der Waals surface area contributed by atoms with Crippen LogP contribution in [0.25, 0.3) is 0 Å². The lowest BCUT2D eigenvalue weighted by atomic mass is 10.1. The van der Waals surface area contributed by atoms with Gasteiger partial charge in [0.15, 0.2) is 0 Å². The second-order valence-electron chi connectivity index (χ2n) is 5.73. The minimum atomic E-state index is -0.811. The number of rotatable bonds is 8. The third-order valence-electron chi connectivity index (χ3n) is 3.76. The van der Waals surface area contributed by atoms with Crippen LogP contribution in [0.15, 0.2) is 42.5 Å². The summed E-state index contributed by atoms with van der Waals surface area (Å²) in [5.74, 6) is 0.146. The number of hydrazine groups is 1. The van der Waals surface area contributed by atoms with E-state index in [0.717, 1.165) is 0 Å². The van der Waals surface area contributed by atoms with Crippen molar-refractivity contribution in [2.75, 3.05) is 19.0 Å². The fraction of sp³-hybridized carbons (Fsp3) is 0.250. The zero-order valence-electron chi connectivity index (χ0n) is 15.9. The number of carbonyl (C=O) groups is 2. The number of nitrogens with zero attached hydrogens (tertiary/aromatic N) is 1. The minimum absolute atomic E-state index is 0.227. The Bertz CT molecular complexity index is 892. The molecule has 0 spiro atoms. The Hall–Kier alpha value is -3.57. The van der Waals surface area contributed by atoms with Crippen molar-refractivity contribution in [2.24, 2.45) is 0 Å². The number of ether oxygens (including phenoxy) is 2. The first-order valence-corrected chi connectivity index (χ1v) is 8.63. The zero-order chi connectivity index (χ0) is 20.5. The molecule has 28 heavy (non-hydrogen) atoms. The number of anilines is 1. The van der Waals surface area contributed by atoms with E-state index >= 15 is 0 Å². The van der Waals surface area contributed by atoms with Gasteiger partial charge in [0.25, 0.3) is 5.91 Å². The number of carbonyl (C=O) groups excluding carboxylic acids is 2. The molecule has 0 heterocycles. The number of amides is 2. The van der Waals surface area contributed by atoms with E-state index in [9.17, 15) is 14.9 Å². The van der Waals surface area contributed by atoms with Crippen LogP contribution in [-0.4, -0.2) is 25.5 Å². The first kappa shape index (κ1) is 20.7. The summed E-state index contributed by atoms with van der Waals surface area (Å²) in [7, 11) is 1.51. The van der Waals surface area contributed by atoms with Crippen LogP contribution >= 0.6 is 0 Å². The lowest BCUT2D eigenvalue weighted by Gasteiger charge is -2.17. The summed E-state index contributed by atoms with van der Waals surface area (Å²) in [6, 6.07) is 13.0. The van der Waals surface area contributed by atoms with Crippen LogP contribution in [0, 0.1) is 11.3 Å². The molecule has 3 N–H and O–H groups in total. The summed E-state index contributed by atoms with van der Waals surface area (Å²) in [6.45, 7) is 3.53. The molecule has 2 aromatic carbocycles. The number of hydrogen-bond donors (Lipinski definition) is 3. The van der Waals surface area contributed by atoms with Gasteiger partial charge in [0.05, 0.1) is 25.3 Å². The van der Waals surface area contributed by atoms with E-state index in [-0.39, 0.29) is 11.5 Å². The summed E-state index contributed by atoms with van der Waals surface area (Å²) in [6.07, 6.45) is 0. The van der Waals surface area contributed by atoms with Crippen LogP contribution in [-0.2, 0) is 4.79 Å². The highest BCUT2D eigenvalue weighted by Gasteiger charge is 2.18. The molecule has 0 fully saturated rings. The Labute approximate surface area is 163 Å². The van der Waals surface area contributed by atoms with E-state index in [1.807, 2.05) is 0 Å². The maximum Gasteiger partial charge on any atom is 0.269 e. The third kappa shape index (κ3) is 5.22. The van der Waals surface area contributed by atoms with Gasteiger partial charge < -0.3 is 14.8 Å². The Kier molecular flexibility index (Phi) is 7.37. The maximum atomic E-state index is 12.6. The molecule has 0 aliphatic heterocycles. The first-order valence-electron chi connectivity index (χ1n) is 8.63. The lowest BCUT2D eigenvalue weighted by molar-refractivity contribution is -0.114. The van der Waals surface area contributed by atoms with Crippen molar-refractivity contribution in [2.45, 2.75) is 19.9 Å². The standard InChI is InChI=1S/C20H22N4O4/c1-4-28-19-11-14(22-13(2)25)9-10-16(19)20(26)24-23-17(12-21)15-7-5-6-8-18(15)27-3/h5-11,17,23H,4H2,1-3H3,(H,22,25)(H,24,26)/t17-/m1/s1. The predicted molar refractivity (Wildman–Crippen MR) is 104 cm³/mol. The summed E-state index contributed by atoms with van der Waals surface area (Å²) < 4.78 is 10.8. The summed E-state index contributed by atoms with van der Waals surface area (Å²) >= 11 is 0. The van der Waals surface area contributed by atoms with Crippen LogP contribution in [0.3, 0.4) is 0 Å². The highest BCUT2D eigenvalue weighted by atomic mass is 16.5. The molecule has 0 radical (unpaired) electrons. The molecule has 2 aromatic rings.